The normalized spacial score (nSPS) is 23.5. The van der Waals surface area contributed by atoms with Crippen molar-refractivity contribution in [3.05, 3.63) is 28.5 Å². The van der Waals surface area contributed by atoms with Crippen LogP contribution in [0.25, 0.3) is 0 Å². The molecule has 1 aromatic rings. The topological polar surface area (TPSA) is 36.4 Å². The van der Waals surface area contributed by atoms with E-state index in [0.717, 1.165) is 25.2 Å². The number of halogens is 1. The van der Waals surface area contributed by atoms with Gasteiger partial charge in [0.05, 0.1) is 10.6 Å². The zero-order valence-electron chi connectivity index (χ0n) is 11.8. The number of amides is 1. The van der Waals surface area contributed by atoms with Gasteiger partial charge in [-0.15, -0.1) is 0 Å². The first-order valence-electron chi connectivity index (χ1n) is 7.30. The van der Waals surface area contributed by atoms with Gasteiger partial charge in [0, 0.05) is 31.0 Å². The van der Waals surface area contributed by atoms with E-state index < -0.39 is 0 Å². The van der Waals surface area contributed by atoms with Gasteiger partial charge in [-0.25, -0.2) is 0 Å². The molecule has 3 heterocycles. The molecular formula is C15H20ClN3O. The van der Waals surface area contributed by atoms with Crippen LogP contribution in [0.3, 0.4) is 0 Å². The maximum absolute atomic E-state index is 12.5. The first-order chi connectivity index (χ1) is 9.65. The second-order valence-corrected chi connectivity index (χ2v) is 6.15. The first kappa shape index (κ1) is 13.8. The van der Waals surface area contributed by atoms with Crippen molar-refractivity contribution >= 4 is 17.5 Å². The number of nitrogens with zero attached hydrogens (tertiary/aromatic N) is 3. The van der Waals surface area contributed by atoms with Gasteiger partial charge in [0.25, 0.3) is 5.91 Å². The Labute approximate surface area is 124 Å². The highest BCUT2D eigenvalue weighted by atomic mass is 35.5. The Bertz CT molecular complexity index is 514. The number of likely N-dealkylation sites (tertiary alicyclic amines) is 2. The van der Waals surface area contributed by atoms with E-state index in [2.05, 4.69) is 9.88 Å². The van der Waals surface area contributed by atoms with E-state index in [0.29, 0.717) is 16.6 Å². The molecule has 0 bridgehead atoms. The Morgan fingerprint density at radius 1 is 1.35 bits per heavy atom. The number of hydrogen-bond donors (Lipinski definition) is 0. The second kappa shape index (κ2) is 5.70. The Kier molecular flexibility index (Phi) is 3.94. The molecular weight excluding hydrogens is 274 g/mol. The van der Waals surface area contributed by atoms with Crippen LogP contribution < -0.4 is 0 Å². The van der Waals surface area contributed by atoms with Crippen LogP contribution in [-0.2, 0) is 0 Å². The third-order valence-corrected chi connectivity index (χ3v) is 4.64. The van der Waals surface area contributed by atoms with Gasteiger partial charge in [-0.2, -0.15) is 0 Å². The molecule has 0 saturated carbocycles. The summed E-state index contributed by atoms with van der Waals surface area (Å²) < 4.78 is 0. The second-order valence-electron chi connectivity index (χ2n) is 5.74. The Morgan fingerprint density at radius 2 is 2.10 bits per heavy atom. The highest BCUT2D eigenvalue weighted by molar-refractivity contribution is 6.33. The van der Waals surface area contributed by atoms with E-state index in [4.69, 9.17) is 11.6 Å². The molecule has 1 unspecified atom stereocenters. The quantitative estimate of drug-likeness (QED) is 0.840. The van der Waals surface area contributed by atoms with Gasteiger partial charge in [0.1, 0.15) is 0 Å². The minimum atomic E-state index is 0.0178. The molecule has 5 heteroatoms. The van der Waals surface area contributed by atoms with Crippen molar-refractivity contribution in [3.63, 3.8) is 0 Å². The molecule has 2 saturated heterocycles. The number of pyridine rings is 1. The van der Waals surface area contributed by atoms with Crippen LogP contribution in [0.15, 0.2) is 12.3 Å². The van der Waals surface area contributed by atoms with Gasteiger partial charge in [-0.3, -0.25) is 14.7 Å². The highest BCUT2D eigenvalue weighted by Gasteiger charge is 2.32. The molecule has 0 N–H and O–H groups in total. The minimum Gasteiger partial charge on any atom is -0.337 e. The lowest BCUT2D eigenvalue weighted by Gasteiger charge is -2.23. The van der Waals surface area contributed by atoms with Crippen LogP contribution in [0.4, 0.5) is 0 Å². The van der Waals surface area contributed by atoms with Crippen LogP contribution in [-0.4, -0.2) is 52.9 Å². The summed E-state index contributed by atoms with van der Waals surface area (Å²) in [6.45, 7) is 5.88. The minimum absolute atomic E-state index is 0.0178. The van der Waals surface area contributed by atoms with Gasteiger partial charge in [0.15, 0.2) is 0 Å². The third-order valence-electron chi connectivity index (χ3n) is 4.33. The molecule has 2 aliphatic heterocycles. The SMILES string of the molecule is Cc1cc(Cl)c(C(=O)N2CCC(N3CCCC3)C2)cn1. The van der Waals surface area contributed by atoms with Crippen LogP contribution >= 0.6 is 11.6 Å². The fourth-order valence-corrected chi connectivity index (χ4v) is 3.47. The summed E-state index contributed by atoms with van der Waals surface area (Å²) in [6, 6.07) is 2.28. The molecule has 0 aromatic carbocycles. The summed E-state index contributed by atoms with van der Waals surface area (Å²) in [5.74, 6) is 0.0178. The van der Waals surface area contributed by atoms with Crippen molar-refractivity contribution in [2.24, 2.45) is 0 Å². The summed E-state index contributed by atoms with van der Waals surface area (Å²) >= 11 is 6.17. The Balaban J connectivity index is 1.69. The predicted molar refractivity (Wildman–Crippen MR) is 79.1 cm³/mol. The van der Waals surface area contributed by atoms with Gasteiger partial charge >= 0.3 is 0 Å². The van der Waals surface area contributed by atoms with E-state index in [9.17, 15) is 4.79 Å². The lowest BCUT2D eigenvalue weighted by Crippen LogP contribution is -2.37. The largest absolute Gasteiger partial charge is 0.337 e. The van der Waals surface area contributed by atoms with E-state index in [1.807, 2.05) is 11.8 Å². The Hall–Kier alpha value is -1.13. The number of aromatic nitrogens is 1. The predicted octanol–water partition coefficient (Wildman–Crippen LogP) is 2.35. The van der Waals surface area contributed by atoms with Crippen LogP contribution in [0.5, 0.6) is 0 Å². The van der Waals surface area contributed by atoms with E-state index in [1.54, 1.807) is 12.3 Å². The highest BCUT2D eigenvalue weighted by Crippen LogP contribution is 2.24. The zero-order valence-corrected chi connectivity index (χ0v) is 12.6. The number of carbonyl (C=O) groups is 1. The van der Waals surface area contributed by atoms with Crippen molar-refractivity contribution in [1.82, 2.24) is 14.8 Å². The molecule has 4 nitrogen and oxygen atoms in total. The van der Waals surface area contributed by atoms with Crippen molar-refractivity contribution in [3.8, 4) is 0 Å². The van der Waals surface area contributed by atoms with E-state index in [-0.39, 0.29) is 5.91 Å². The van der Waals surface area contributed by atoms with E-state index in [1.165, 1.54) is 25.9 Å². The number of hydrogen-bond acceptors (Lipinski definition) is 3. The summed E-state index contributed by atoms with van der Waals surface area (Å²) in [5, 5.41) is 0.507. The maximum Gasteiger partial charge on any atom is 0.256 e. The van der Waals surface area contributed by atoms with Crippen LogP contribution in [0.2, 0.25) is 5.02 Å². The zero-order chi connectivity index (χ0) is 14.1. The fraction of sp³-hybridized carbons (Fsp3) is 0.600. The molecule has 1 atom stereocenters. The molecule has 0 spiro atoms. The monoisotopic (exact) mass is 293 g/mol. The van der Waals surface area contributed by atoms with Crippen LogP contribution in [0, 0.1) is 6.92 Å². The third kappa shape index (κ3) is 2.67. The van der Waals surface area contributed by atoms with Crippen LogP contribution in [0.1, 0.15) is 35.3 Å². The summed E-state index contributed by atoms with van der Waals surface area (Å²) in [7, 11) is 0. The van der Waals surface area contributed by atoms with Crippen molar-refractivity contribution in [1.29, 1.82) is 0 Å². The maximum atomic E-state index is 12.5. The van der Waals surface area contributed by atoms with Crippen molar-refractivity contribution < 1.29 is 4.79 Å². The summed E-state index contributed by atoms with van der Waals surface area (Å²) in [4.78, 5) is 21.1. The van der Waals surface area contributed by atoms with Gasteiger partial charge < -0.3 is 4.90 Å². The lowest BCUT2D eigenvalue weighted by atomic mass is 10.2. The molecule has 108 valence electrons. The fourth-order valence-electron chi connectivity index (χ4n) is 3.19. The van der Waals surface area contributed by atoms with Gasteiger partial charge in [0.2, 0.25) is 0 Å². The number of rotatable bonds is 2. The lowest BCUT2D eigenvalue weighted by molar-refractivity contribution is 0.0780. The van der Waals surface area contributed by atoms with E-state index >= 15 is 0 Å². The average molecular weight is 294 g/mol. The van der Waals surface area contributed by atoms with Gasteiger partial charge in [-0.1, -0.05) is 11.6 Å². The Morgan fingerprint density at radius 3 is 2.80 bits per heavy atom. The molecule has 20 heavy (non-hydrogen) atoms. The smallest absolute Gasteiger partial charge is 0.256 e. The molecule has 3 rings (SSSR count). The molecule has 0 radical (unpaired) electrons. The van der Waals surface area contributed by atoms with Crippen molar-refractivity contribution in [2.75, 3.05) is 26.2 Å². The molecule has 2 aliphatic rings. The number of carbonyl (C=O) groups excluding carboxylic acids is 1. The molecule has 0 aliphatic carbocycles. The van der Waals surface area contributed by atoms with Crippen molar-refractivity contribution in [2.45, 2.75) is 32.2 Å². The summed E-state index contributed by atoms with van der Waals surface area (Å²) in [6.07, 6.45) is 5.25. The molecule has 1 amide bonds. The molecule has 1 aromatic heterocycles. The molecule has 2 fully saturated rings. The first-order valence-corrected chi connectivity index (χ1v) is 7.68. The number of aryl methyl sites for hydroxylation is 1. The average Bonchev–Trinajstić information content (AvgIpc) is 3.09. The standard InChI is InChI=1S/C15H20ClN3O/c1-11-8-14(16)13(9-17-11)15(20)19-7-4-12(10-19)18-5-2-3-6-18/h8-9,12H,2-7,10H2,1H3. The summed E-state index contributed by atoms with van der Waals surface area (Å²) in [5.41, 5.74) is 1.36. The van der Waals surface area contributed by atoms with Gasteiger partial charge in [-0.05, 0) is 45.3 Å².